The Kier molecular flexibility index (Phi) is 5.15. The second-order valence-electron chi connectivity index (χ2n) is 5.36. The van der Waals surface area contributed by atoms with Crippen molar-refractivity contribution in [3.63, 3.8) is 0 Å². The SMILES string of the molecule is Cc1cc(C)c(OCC(=O)NCc2ccccc2F)cc1C. The first-order valence-electron chi connectivity index (χ1n) is 7.18. The summed E-state index contributed by atoms with van der Waals surface area (Å²) in [7, 11) is 0. The molecule has 3 nitrogen and oxygen atoms in total. The van der Waals surface area contributed by atoms with Crippen molar-refractivity contribution in [2.75, 3.05) is 6.61 Å². The van der Waals surface area contributed by atoms with Crippen LogP contribution >= 0.6 is 0 Å². The predicted molar refractivity (Wildman–Crippen MR) is 84.4 cm³/mol. The van der Waals surface area contributed by atoms with Crippen LogP contribution in [0, 0.1) is 26.6 Å². The Morgan fingerprint density at radius 3 is 2.50 bits per heavy atom. The summed E-state index contributed by atoms with van der Waals surface area (Å²) in [5, 5.41) is 2.65. The van der Waals surface area contributed by atoms with Gasteiger partial charge in [0.1, 0.15) is 11.6 Å². The fourth-order valence-electron chi connectivity index (χ4n) is 2.12. The van der Waals surface area contributed by atoms with E-state index in [1.807, 2.05) is 32.9 Å². The molecule has 2 aromatic rings. The van der Waals surface area contributed by atoms with Crippen molar-refractivity contribution < 1.29 is 13.9 Å². The van der Waals surface area contributed by atoms with E-state index in [2.05, 4.69) is 5.32 Å². The van der Waals surface area contributed by atoms with Gasteiger partial charge in [-0.25, -0.2) is 4.39 Å². The van der Waals surface area contributed by atoms with Crippen LogP contribution in [-0.2, 0) is 11.3 Å². The maximum atomic E-state index is 13.4. The molecule has 0 aliphatic heterocycles. The van der Waals surface area contributed by atoms with Crippen molar-refractivity contribution >= 4 is 5.91 Å². The Hall–Kier alpha value is -2.36. The van der Waals surface area contributed by atoms with E-state index >= 15 is 0 Å². The summed E-state index contributed by atoms with van der Waals surface area (Å²) in [5.41, 5.74) is 3.75. The van der Waals surface area contributed by atoms with Crippen LogP contribution in [-0.4, -0.2) is 12.5 Å². The number of aryl methyl sites for hydroxylation is 3. The molecular weight excluding hydrogens is 281 g/mol. The Balaban J connectivity index is 1.88. The molecule has 0 fully saturated rings. The third-order valence-corrected chi connectivity index (χ3v) is 3.58. The van der Waals surface area contributed by atoms with E-state index in [0.717, 1.165) is 11.1 Å². The van der Waals surface area contributed by atoms with Gasteiger partial charge in [-0.1, -0.05) is 24.3 Å². The first kappa shape index (κ1) is 16.0. The van der Waals surface area contributed by atoms with E-state index < -0.39 is 0 Å². The Morgan fingerprint density at radius 2 is 1.77 bits per heavy atom. The Morgan fingerprint density at radius 1 is 1.09 bits per heavy atom. The molecule has 0 atom stereocenters. The van der Waals surface area contributed by atoms with E-state index in [0.29, 0.717) is 11.3 Å². The molecule has 0 saturated heterocycles. The fourth-order valence-corrected chi connectivity index (χ4v) is 2.12. The summed E-state index contributed by atoms with van der Waals surface area (Å²) in [6, 6.07) is 10.3. The number of hydrogen-bond donors (Lipinski definition) is 1. The number of halogens is 1. The molecule has 2 aromatic carbocycles. The lowest BCUT2D eigenvalue weighted by Crippen LogP contribution is -2.28. The molecule has 1 amide bonds. The highest BCUT2D eigenvalue weighted by molar-refractivity contribution is 5.77. The zero-order valence-electron chi connectivity index (χ0n) is 13.1. The topological polar surface area (TPSA) is 38.3 Å². The van der Waals surface area contributed by atoms with E-state index in [1.165, 1.54) is 11.6 Å². The minimum Gasteiger partial charge on any atom is -0.483 e. The van der Waals surface area contributed by atoms with Gasteiger partial charge in [0.05, 0.1) is 0 Å². The first-order valence-corrected chi connectivity index (χ1v) is 7.18. The number of rotatable bonds is 5. The highest BCUT2D eigenvalue weighted by Crippen LogP contribution is 2.22. The van der Waals surface area contributed by atoms with Crippen LogP contribution < -0.4 is 10.1 Å². The van der Waals surface area contributed by atoms with Gasteiger partial charge in [0.2, 0.25) is 0 Å². The molecule has 1 N–H and O–H groups in total. The molecule has 4 heteroatoms. The van der Waals surface area contributed by atoms with E-state index in [9.17, 15) is 9.18 Å². The van der Waals surface area contributed by atoms with Gasteiger partial charge < -0.3 is 10.1 Å². The van der Waals surface area contributed by atoms with Gasteiger partial charge in [-0.05, 0) is 49.6 Å². The van der Waals surface area contributed by atoms with Gasteiger partial charge in [-0.15, -0.1) is 0 Å². The van der Waals surface area contributed by atoms with Crippen molar-refractivity contribution in [3.8, 4) is 5.75 Å². The lowest BCUT2D eigenvalue weighted by atomic mass is 10.1. The van der Waals surface area contributed by atoms with Crippen LogP contribution in [0.3, 0.4) is 0 Å². The summed E-state index contributed by atoms with van der Waals surface area (Å²) < 4.78 is 19.0. The summed E-state index contributed by atoms with van der Waals surface area (Å²) in [6.45, 7) is 6.05. The largest absolute Gasteiger partial charge is 0.483 e. The predicted octanol–water partition coefficient (Wildman–Crippen LogP) is 3.45. The van der Waals surface area contributed by atoms with E-state index in [-0.39, 0.29) is 24.9 Å². The van der Waals surface area contributed by atoms with Gasteiger partial charge in [0.15, 0.2) is 6.61 Å². The van der Waals surface area contributed by atoms with Gasteiger partial charge >= 0.3 is 0 Å². The molecule has 22 heavy (non-hydrogen) atoms. The number of benzene rings is 2. The average molecular weight is 301 g/mol. The monoisotopic (exact) mass is 301 g/mol. The quantitative estimate of drug-likeness (QED) is 0.918. The minimum absolute atomic E-state index is 0.0855. The molecular formula is C18H20FNO2. The molecule has 0 aliphatic carbocycles. The van der Waals surface area contributed by atoms with Crippen LogP contribution in [0.1, 0.15) is 22.3 Å². The van der Waals surface area contributed by atoms with Crippen LogP contribution in [0.4, 0.5) is 4.39 Å². The zero-order valence-corrected chi connectivity index (χ0v) is 13.1. The number of hydrogen-bond acceptors (Lipinski definition) is 2. The van der Waals surface area contributed by atoms with Gasteiger partial charge in [0, 0.05) is 12.1 Å². The molecule has 0 spiro atoms. The number of amides is 1. The Labute approximate surface area is 130 Å². The molecule has 0 bridgehead atoms. The van der Waals surface area contributed by atoms with Crippen molar-refractivity contribution in [2.45, 2.75) is 27.3 Å². The molecule has 0 aliphatic rings. The highest BCUT2D eigenvalue weighted by atomic mass is 19.1. The lowest BCUT2D eigenvalue weighted by Gasteiger charge is -2.12. The standard InChI is InChI=1S/C18H20FNO2/c1-12-8-14(3)17(9-13(12)2)22-11-18(21)20-10-15-6-4-5-7-16(15)19/h4-9H,10-11H2,1-3H3,(H,20,21). The normalized spacial score (nSPS) is 10.4. The van der Waals surface area contributed by atoms with Crippen molar-refractivity contribution in [1.82, 2.24) is 5.32 Å². The summed E-state index contributed by atoms with van der Waals surface area (Å²) in [5.74, 6) is 0.0961. The lowest BCUT2D eigenvalue weighted by molar-refractivity contribution is -0.123. The number of ether oxygens (including phenoxy) is 1. The van der Waals surface area contributed by atoms with Gasteiger partial charge in [-0.2, -0.15) is 0 Å². The molecule has 0 aromatic heterocycles. The third kappa shape index (κ3) is 4.07. The van der Waals surface area contributed by atoms with Gasteiger partial charge in [0.25, 0.3) is 5.91 Å². The van der Waals surface area contributed by atoms with Crippen molar-refractivity contribution in [1.29, 1.82) is 0 Å². The second-order valence-corrected chi connectivity index (χ2v) is 5.36. The number of nitrogens with one attached hydrogen (secondary N) is 1. The van der Waals surface area contributed by atoms with Crippen LogP contribution in [0.2, 0.25) is 0 Å². The number of carbonyl (C=O) groups excluding carboxylic acids is 1. The third-order valence-electron chi connectivity index (χ3n) is 3.58. The van der Waals surface area contributed by atoms with Crippen LogP contribution in [0.5, 0.6) is 5.75 Å². The second kappa shape index (κ2) is 7.07. The summed E-state index contributed by atoms with van der Waals surface area (Å²) in [4.78, 5) is 11.8. The summed E-state index contributed by atoms with van der Waals surface area (Å²) >= 11 is 0. The van der Waals surface area contributed by atoms with Crippen molar-refractivity contribution in [2.24, 2.45) is 0 Å². The molecule has 0 saturated carbocycles. The summed E-state index contributed by atoms with van der Waals surface area (Å²) in [6.07, 6.45) is 0. The maximum Gasteiger partial charge on any atom is 0.258 e. The fraction of sp³-hybridized carbons (Fsp3) is 0.278. The Bertz CT molecular complexity index is 683. The average Bonchev–Trinajstić information content (AvgIpc) is 2.49. The van der Waals surface area contributed by atoms with Crippen molar-refractivity contribution in [3.05, 3.63) is 64.5 Å². The first-order chi connectivity index (χ1) is 10.5. The highest BCUT2D eigenvalue weighted by Gasteiger charge is 2.08. The van der Waals surface area contributed by atoms with Crippen LogP contribution in [0.25, 0.3) is 0 Å². The maximum absolute atomic E-state index is 13.4. The zero-order chi connectivity index (χ0) is 16.1. The van der Waals surface area contributed by atoms with Crippen LogP contribution in [0.15, 0.2) is 36.4 Å². The molecule has 2 rings (SSSR count). The number of carbonyl (C=O) groups is 1. The molecule has 0 radical (unpaired) electrons. The van der Waals surface area contributed by atoms with Gasteiger partial charge in [-0.3, -0.25) is 4.79 Å². The molecule has 0 unspecified atom stereocenters. The minimum atomic E-state index is -0.325. The molecule has 0 heterocycles. The molecule has 116 valence electrons. The van der Waals surface area contributed by atoms with E-state index in [1.54, 1.807) is 18.2 Å². The smallest absolute Gasteiger partial charge is 0.258 e. The van der Waals surface area contributed by atoms with E-state index in [4.69, 9.17) is 4.74 Å².